The molecule has 2 N–H and O–H groups in total. The number of hydrogen-bond acceptors (Lipinski definition) is 6. The van der Waals surface area contributed by atoms with Crippen molar-refractivity contribution in [3.8, 4) is 17.2 Å². The molecule has 1 amide bonds. The molecule has 0 heterocycles. The molecule has 0 aliphatic rings. The van der Waals surface area contributed by atoms with E-state index in [0.717, 1.165) is 11.4 Å². The molecule has 0 unspecified atom stereocenters. The Morgan fingerprint density at radius 3 is 2.28 bits per heavy atom. The van der Waals surface area contributed by atoms with Gasteiger partial charge in [-0.25, -0.2) is 0 Å². The van der Waals surface area contributed by atoms with Crippen molar-refractivity contribution in [1.29, 1.82) is 0 Å². The van der Waals surface area contributed by atoms with E-state index in [4.69, 9.17) is 18.9 Å². The number of amides is 1. The van der Waals surface area contributed by atoms with Gasteiger partial charge in [0.2, 0.25) is 5.91 Å². The molecule has 0 aromatic heterocycles. The van der Waals surface area contributed by atoms with Crippen LogP contribution in [0, 0.1) is 0 Å². The SMILES string of the molecule is COCCOc1cccc(NCC(=O)Nc2ccccc2OCCOc2ccccc2)c1. The van der Waals surface area contributed by atoms with Crippen LogP contribution in [0.3, 0.4) is 0 Å². The minimum absolute atomic E-state index is 0.104. The van der Waals surface area contributed by atoms with Gasteiger partial charge in [-0.05, 0) is 36.4 Å². The molecule has 0 aliphatic heterocycles. The predicted molar refractivity (Wildman–Crippen MR) is 125 cm³/mol. The van der Waals surface area contributed by atoms with E-state index >= 15 is 0 Å². The quantitative estimate of drug-likeness (QED) is 0.391. The van der Waals surface area contributed by atoms with E-state index in [1.54, 1.807) is 13.2 Å². The van der Waals surface area contributed by atoms with Gasteiger partial charge in [-0.1, -0.05) is 36.4 Å². The highest BCUT2D eigenvalue weighted by Crippen LogP contribution is 2.24. The summed E-state index contributed by atoms with van der Waals surface area (Å²) in [6.45, 7) is 1.84. The zero-order valence-corrected chi connectivity index (χ0v) is 18.1. The lowest BCUT2D eigenvalue weighted by Crippen LogP contribution is -2.22. The number of rotatable bonds is 13. The molecule has 7 nitrogen and oxygen atoms in total. The molecular formula is C25H28N2O5. The third-order valence-electron chi connectivity index (χ3n) is 4.36. The molecule has 3 aromatic rings. The van der Waals surface area contributed by atoms with Gasteiger partial charge in [0.15, 0.2) is 0 Å². The Bertz CT molecular complexity index is 965. The Kier molecular flexibility index (Phi) is 9.23. The summed E-state index contributed by atoms with van der Waals surface area (Å²) in [5, 5.41) is 5.98. The average Bonchev–Trinajstić information content (AvgIpc) is 2.83. The number of carbonyl (C=O) groups excluding carboxylic acids is 1. The molecule has 0 saturated carbocycles. The molecule has 32 heavy (non-hydrogen) atoms. The van der Waals surface area contributed by atoms with Gasteiger partial charge in [-0.15, -0.1) is 0 Å². The maximum Gasteiger partial charge on any atom is 0.243 e. The Morgan fingerprint density at radius 1 is 0.750 bits per heavy atom. The number of methoxy groups -OCH3 is 1. The highest BCUT2D eigenvalue weighted by molar-refractivity contribution is 5.95. The summed E-state index contributed by atoms with van der Waals surface area (Å²) in [4.78, 5) is 12.4. The van der Waals surface area contributed by atoms with Crippen molar-refractivity contribution in [3.05, 3.63) is 78.9 Å². The lowest BCUT2D eigenvalue weighted by Gasteiger charge is -2.14. The van der Waals surface area contributed by atoms with Crippen molar-refractivity contribution in [2.45, 2.75) is 0 Å². The first kappa shape index (κ1) is 23.0. The smallest absolute Gasteiger partial charge is 0.243 e. The van der Waals surface area contributed by atoms with Gasteiger partial charge in [0.25, 0.3) is 0 Å². The second-order valence-electron chi connectivity index (χ2n) is 6.78. The number of carbonyl (C=O) groups is 1. The minimum Gasteiger partial charge on any atom is -0.491 e. The Labute approximate surface area is 188 Å². The number of para-hydroxylation sites is 3. The predicted octanol–water partition coefficient (Wildman–Crippen LogP) is 4.22. The second-order valence-corrected chi connectivity index (χ2v) is 6.78. The van der Waals surface area contributed by atoms with Crippen LogP contribution in [-0.4, -0.2) is 46.0 Å². The van der Waals surface area contributed by atoms with Crippen molar-refractivity contribution in [1.82, 2.24) is 0 Å². The highest BCUT2D eigenvalue weighted by Gasteiger charge is 2.08. The van der Waals surface area contributed by atoms with Crippen LogP contribution in [0.5, 0.6) is 17.2 Å². The van der Waals surface area contributed by atoms with Crippen molar-refractivity contribution in [2.24, 2.45) is 0 Å². The third-order valence-corrected chi connectivity index (χ3v) is 4.36. The summed E-state index contributed by atoms with van der Waals surface area (Å²) in [7, 11) is 1.63. The van der Waals surface area contributed by atoms with E-state index in [2.05, 4.69) is 10.6 Å². The molecular weight excluding hydrogens is 408 g/mol. The molecule has 0 saturated heterocycles. The van der Waals surface area contributed by atoms with Crippen molar-refractivity contribution in [3.63, 3.8) is 0 Å². The maximum absolute atomic E-state index is 12.4. The molecule has 3 aromatic carbocycles. The Morgan fingerprint density at radius 2 is 1.44 bits per heavy atom. The summed E-state index contributed by atoms with van der Waals surface area (Å²) < 4.78 is 22.0. The van der Waals surface area contributed by atoms with Gasteiger partial charge < -0.3 is 29.6 Å². The van der Waals surface area contributed by atoms with Gasteiger partial charge in [-0.2, -0.15) is 0 Å². The molecule has 0 atom stereocenters. The summed E-state index contributed by atoms with van der Waals surface area (Å²) >= 11 is 0. The Balaban J connectivity index is 1.45. The van der Waals surface area contributed by atoms with E-state index in [1.165, 1.54) is 0 Å². The molecule has 7 heteroatoms. The maximum atomic E-state index is 12.4. The highest BCUT2D eigenvalue weighted by atomic mass is 16.5. The lowest BCUT2D eigenvalue weighted by atomic mass is 10.3. The molecule has 3 rings (SSSR count). The Hall–Kier alpha value is -3.71. The largest absolute Gasteiger partial charge is 0.491 e. The second kappa shape index (κ2) is 12.9. The topological polar surface area (TPSA) is 78.1 Å². The van der Waals surface area contributed by atoms with Crippen molar-refractivity contribution >= 4 is 17.3 Å². The van der Waals surface area contributed by atoms with Gasteiger partial charge in [0.05, 0.1) is 18.8 Å². The number of ether oxygens (including phenoxy) is 4. The van der Waals surface area contributed by atoms with Crippen LogP contribution < -0.4 is 24.8 Å². The number of anilines is 2. The van der Waals surface area contributed by atoms with Gasteiger partial charge >= 0.3 is 0 Å². The summed E-state index contributed by atoms with van der Waals surface area (Å²) in [6, 6.07) is 24.3. The fourth-order valence-electron chi connectivity index (χ4n) is 2.84. The van der Waals surface area contributed by atoms with Gasteiger partial charge in [0.1, 0.15) is 37.1 Å². The van der Waals surface area contributed by atoms with E-state index in [-0.39, 0.29) is 12.5 Å². The van der Waals surface area contributed by atoms with Crippen LogP contribution in [0.1, 0.15) is 0 Å². The lowest BCUT2D eigenvalue weighted by molar-refractivity contribution is -0.114. The normalized spacial score (nSPS) is 10.3. The van der Waals surface area contributed by atoms with E-state index in [0.29, 0.717) is 43.6 Å². The molecule has 0 radical (unpaired) electrons. The molecule has 0 bridgehead atoms. The number of hydrogen-bond donors (Lipinski definition) is 2. The van der Waals surface area contributed by atoms with Crippen LogP contribution in [0.2, 0.25) is 0 Å². The van der Waals surface area contributed by atoms with Crippen molar-refractivity contribution < 1.29 is 23.7 Å². The summed E-state index contributed by atoms with van der Waals surface area (Å²) in [5.41, 5.74) is 1.40. The van der Waals surface area contributed by atoms with Crippen LogP contribution >= 0.6 is 0 Å². The summed E-state index contributed by atoms with van der Waals surface area (Å²) in [6.07, 6.45) is 0. The van der Waals surface area contributed by atoms with Gasteiger partial charge in [-0.3, -0.25) is 4.79 Å². The number of benzene rings is 3. The first-order chi connectivity index (χ1) is 15.7. The van der Waals surface area contributed by atoms with Crippen LogP contribution in [-0.2, 0) is 9.53 Å². The molecule has 0 spiro atoms. The zero-order valence-electron chi connectivity index (χ0n) is 18.1. The fraction of sp³-hybridized carbons (Fsp3) is 0.240. The van der Waals surface area contributed by atoms with Crippen LogP contribution in [0.25, 0.3) is 0 Å². The zero-order chi connectivity index (χ0) is 22.4. The molecule has 0 fully saturated rings. The van der Waals surface area contributed by atoms with E-state index < -0.39 is 0 Å². The minimum atomic E-state index is -0.188. The standard InChI is InChI=1S/C25H28N2O5/c1-29-14-15-31-22-11-7-8-20(18-22)26-19-25(28)27-23-12-5-6-13-24(23)32-17-16-30-21-9-3-2-4-10-21/h2-13,18,26H,14-17,19H2,1H3,(H,27,28). The molecule has 168 valence electrons. The van der Waals surface area contributed by atoms with Crippen molar-refractivity contribution in [2.75, 3.05) is 50.7 Å². The van der Waals surface area contributed by atoms with Crippen LogP contribution in [0.15, 0.2) is 78.9 Å². The van der Waals surface area contributed by atoms with Crippen LogP contribution in [0.4, 0.5) is 11.4 Å². The average molecular weight is 437 g/mol. The monoisotopic (exact) mass is 436 g/mol. The van der Waals surface area contributed by atoms with E-state index in [1.807, 2.05) is 72.8 Å². The third kappa shape index (κ3) is 7.85. The summed E-state index contributed by atoms with van der Waals surface area (Å²) in [5.74, 6) is 1.90. The first-order valence-corrected chi connectivity index (χ1v) is 10.4. The number of nitrogens with one attached hydrogen (secondary N) is 2. The van der Waals surface area contributed by atoms with E-state index in [9.17, 15) is 4.79 Å². The first-order valence-electron chi connectivity index (χ1n) is 10.4. The molecule has 0 aliphatic carbocycles. The fourth-order valence-corrected chi connectivity index (χ4v) is 2.84. The van der Waals surface area contributed by atoms with Gasteiger partial charge in [0, 0.05) is 18.9 Å².